The van der Waals surface area contributed by atoms with E-state index in [0.29, 0.717) is 28.5 Å². The fraction of sp³-hybridized carbons (Fsp3) is 0.200. The van der Waals surface area contributed by atoms with Crippen molar-refractivity contribution in [1.82, 2.24) is 9.97 Å². The van der Waals surface area contributed by atoms with E-state index in [-0.39, 0.29) is 16.5 Å². The van der Waals surface area contributed by atoms with Crippen molar-refractivity contribution in [2.24, 2.45) is 0 Å². The lowest BCUT2D eigenvalue weighted by Crippen LogP contribution is -2.07. The van der Waals surface area contributed by atoms with Gasteiger partial charge in [0, 0.05) is 11.1 Å². The maximum atomic E-state index is 13.4. The molecule has 0 amide bonds. The standard InChI is InChI=1S/C20H16ClF3N2O3/c1-27-16-8-11(9-17(28-2)18(16)29-3)14-10-15(26-19(21)25-14)12-6-4-5-7-13(12)20(22,23)24/h4-10H,1-3H3. The van der Waals surface area contributed by atoms with Gasteiger partial charge in [0.05, 0.1) is 38.3 Å². The molecule has 1 aromatic heterocycles. The van der Waals surface area contributed by atoms with E-state index in [1.807, 2.05) is 0 Å². The summed E-state index contributed by atoms with van der Waals surface area (Å²) >= 11 is 6.03. The summed E-state index contributed by atoms with van der Waals surface area (Å²) < 4.78 is 56.2. The summed E-state index contributed by atoms with van der Waals surface area (Å²) in [5.41, 5.74) is -0.0592. The zero-order valence-corrected chi connectivity index (χ0v) is 16.4. The molecule has 9 heteroatoms. The van der Waals surface area contributed by atoms with E-state index < -0.39 is 11.7 Å². The number of methoxy groups -OCH3 is 3. The lowest BCUT2D eigenvalue weighted by atomic mass is 10.0. The zero-order chi connectivity index (χ0) is 21.2. The fourth-order valence-corrected chi connectivity index (χ4v) is 3.07. The van der Waals surface area contributed by atoms with Crippen molar-refractivity contribution in [1.29, 1.82) is 0 Å². The van der Waals surface area contributed by atoms with Crippen molar-refractivity contribution in [3.63, 3.8) is 0 Å². The number of halogens is 4. The van der Waals surface area contributed by atoms with Gasteiger partial charge in [-0.15, -0.1) is 0 Å². The molecular weight excluding hydrogens is 409 g/mol. The predicted molar refractivity (Wildman–Crippen MR) is 103 cm³/mol. The Bertz CT molecular complexity index is 1020. The maximum Gasteiger partial charge on any atom is 0.417 e. The number of nitrogens with zero attached hydrogens (tertiary/aromatic N) is 2. The minimum absolute atomic E-state index is 0.0432. The largest absolute Gasteiger partial charge is 0.493 e. The van der Waals surface area contributed by atoms with E-state index in [9.17, 15) is 13.2 Å². The second kappa shape index (κ2) is 8.16. The summed E-state index contributed by atoms with van der Waals surface area (Å²) in [7, 11) is 4.38. The van der Waals surface area contributed by atoms with Crippen molar-refractivity contribution in [2.75, 3.05) is 21.3 Å². The van der Waals surface area contributed by atoms with Gasteiger partial charge >= 0.3 is 6.18 Å². The van der Waals surface area contributed by atoms with Crippen LogP contribution in [0.4, 0.5) is 13.2 Å². The fourth-order valence-electron chi connectivity index (χ4n) is 2.89. The van der Waals surface area contributed by atoms with Crippen LogP contribution in [0.1, 0.15) is 5.56 Å². The number of aromatic nitrogens is 2. The third-order valence-corrected chi connectivity index (χ3v) is 4.34. The van der Waals surface area contributed by atoms with Crippen molar-refractivity contribution in [2.45, 2.75) is 6.18 Å². The molecule has 0 aliphatic heterocycles. The van der Waals surface area contributed by atoms with Gasteiger partial charge in [-0.25, -0.2) is 9.97 Å². The van der Waals surface area contributed by atoms with E-state index in [2.05, 4.69) is 9.97 Å². The Morgan fingerprint density at radius 2 is 1.41 bits per heavy atom. The van der Waals surface area contributed by atoms with E-state index in [4.69, 9.17) is 25.8 Å². The van der Waals surface area contributed by atoms with E-state index in [0.717, 1.165) is 6.07 Å². The van der Waals surface area contributed by atoms with Crippen molar-refractivity contribution < 1.29 is 27.4 Å². The Labute approximate surface area is 170 Å². The van der Waals surface area contributed by atoms with Crippen LogP contribution in [0.3, 0.4) is 0 Å². The minimum atomic E-state index is -4.54. The molecule has 5 nitrogen and oxygen atoms in total. The Morgan fingerprint density at radius 1 is 0.828 bits per heavy atom. The first-order valence-corrected chi connectivity index (χ1v) is 8.67. The third kappa shape index (κ3) is 4.22. The minimum Gasteiger partial charge on any atom is -0.493 e. The van der Waals surface area contributed by atoms with Gasteiger partial charge in [-0.1, -0.05) is 18.2 Å². The highest BCUT2D eigenvalue weighted by atomic mass is 35.5. The molecule has 3 aromatic rings. The number of alkyl halides is 3. The molecule has 1 heterocycles. The van der Waals surface area contributed by atoms with Crippen LogP contribution in [0.2, 0.25) is 5.28 Å². The molecular formula is C20H16ClF3N2O3. The summed E-state index contributed by atoms with van der Waals surface area (Å²) in [5.74, 6) is 1.11. The Morgan fingerprint density at radius 3 is 1.97 bits per heavy atom. The van der Waals surface area contributed by atoms with Crippen LogP contribution in [-0.2, 0) is 6.18 Å². The summed E-state index contributed by atoms with van der Waals surface area (Å²) in [5, 5.41) is -0.191. The number of benzene rings is 2. The Hall–Kier alpha value is -3.00. The van der Waals surface area contributed by atoms with Crippen molar-refractivity contribution in [3.8, 4) is 39.8 Å². The average Bonchev–Trinajstić information content (AvgIpc) is 2.71. The van der Waals surface area contributed by atoms with Crippen molar-refractivity contribution in [3.05, 3.63) is 53.3 Å². The molecule has 0 radical (unpaired) electrons. The molecule has 0 fully saturated rings. The van der Waals surface area contributed by atoms with Crippen LogP contribution in [0, 0.1) is 0 Å². The number of rotatable bonds is 5. The normalized spacial score (nSPS) is 11.3. The van der Waals surface area contributed by atoms with Gasteiger partial charge in [0.2, 0.25) is 11.0 Å². The zero-order valence-electron chi connectivity index (χ0n) is 15.7. The summed E-state index contributed by atoms with van der Waals surface area (Å²) in [6.45, 7) is 0. The highest BCUT2D eigenvalue weighted by molar-refractivity contribution is 6.28. The number of ether oxygens (including phenoxy) is 3. The monoisotopic (exact) mass is 424 g/mol. The maximum absolute atomic E-state index is 13.4. The molecule has 152 valence electrons. The third-order valence-electron chi connectivity index (χ3n) is 4.17. The van der Waals surface area contributed by atoms with Crippen molar-refractivity contribution >= 4 is 11.6 Å². The van der Waals surface area contributed by atoms with E-state index in [1.165, 1.54) is 45.6 Å². The quantitative estimate of drug-likeness (QED) is 0.505. The molecule has 0 saturated carbocycles. The molecule has 0 bridgehead atoms. The first kappa shape index (κ1) is 20.7. The van der Waals surface area contributed by atoms with Crippen LogP contribution >= 0.6 is 11.6 Å². The molecule has 3 rings (SSSR count). The number of hydrogen-bond acceptors (Lipinski definition) is 5. The molecule has 29 heavy (non-hydrogen) atoms. The highest BCUT2D eigenvalue weighted by Gasteiger charge is 2.33. The van der Waals surface area contributed by atoms with Gasteiger partial charge in [0.1, 0.15) is 0 Å². The van der Waals surface area contributed by atoms with Crippen LogP contribution < -0.4 is 14.2 Å². The molecule has 0 atom stereocenters. The molecule has 0 aliphatic rings. The molecule has 0 aliphatic carbocycles. The van der Waals surface area contributed by atoms with Gasteiger partial charge in [-0.05, 0) is 35.9 Å². The van der Waals surface area contributed by atoms with Gasteiger partial charge in [-0.3, -0.25) is 0 Å². The molecule has 0 saturated heterocycles. The Kier molecular flexibility index (Phi) is 5.83. The van der Waals surface area contributed by atoms with Gasteiger partial charge in [0.25, 0.3) is 0 Å². The second-order valence-corrected chi connectivity index (χ2v) is 6.20. The summed E-state index contributed by atoms with van der Waals surface area (Å²) in [6.07, 6.45) is -4.54. The lowest BCUT2D eigenvalue weighted by molar-refractivity contribution is -0.137. The second-order valence-electron chi connectivity index (χ2n) is 5.86. The van der Waals surface area contributed by atoms with Crippen LogP contribution in [0.25, 0.3) is 22.5 Å². The highest BCUT2D eigenvalue weighted by Crippen LogP contribution is 2.42. The SMILES string of the molecule is COc1cc(-c2cc(-c3ccccc3C(F)(F)F)nc(Cl)n2)cc(OC)c1OC. The summed E-state index contributed by atoms with van der Waals surface area (Å²) in [6, 6.07) is 9.82. The first-order valence-electron chi connectivity index (χ1n) is 8.30. The Balaban J connectivity index is 2.20. The topological polar surface area (TPSA) is 53.5 Å². The van der Waals surface area contributed by atoms with Crippen LogP contribution in [0.5, 0.6) is 17.2 Å². The predicted octanol–water partition coefficient (Wildman–Crippen LogP) is 5.51. The van der Waals surface area contributed by atoms with E-state index >= 15 is 0 Å². The lowest BCUT2D eigenvalue weighted by Gasteiger charge is -2.15. The van der Waals surface area contributed by atoms with Gasteiger partial charge in [0.15, 0.2) is 11.5 Å². The first-order chi connectivity index (χ1) is 13.8. The van der Waals surface area contributed by atoms with Crippen LogP contribution in [0.15, 0.2) is 42.5 Å². The van der Waals surface area contributed by atoms with Gasteiger partial charge in [-0.2, -0.15) is 13.2 Å². The average molecular weight is 425 g/mol. The smallest absolute Gasteiger partial charge is 0.417 e. The summed E-state index contributed by atoms with van der Waals surface area (Å²) in [4.78, 5) is 8.14. The van der Waals surface area contributed by atoms with Crippen LogP contribution in [-0.4, -0.2) is 31.3 Å². The van der Waals surface area contributed by atoms with E-state index in [1.54, 1.807) is 12.1 Å². The number of hydrogen-bond donors (Lipinski definition) is 0. The molecule has 2 aromatic carbocycles. The molecule has 0 spiro atoms. The van der Waals surface area contributed by atoms with Gasteiger partial charge < -0.3 is 14.2 Å². The molecule has 0 unspecified atom stereocenters. The molecule has 0 N–H and O–H groups in total.